The van der Waals surface area contributed by atoms with Crippen LogP contribution in [0.1, 0.15) is 19.0 Å². The molecule has 0 fully saturated rings. The highest BCUT2D eigenvalue weighted by Gasteiger charge is 2.11. The van der Waals surface area contributed by atoms with E-state index in [0.29, 0.717) is 11.5 Å². The van der Waals surface area contributed by atoms with Gasteiger partial charge in [-0.25, -0.2) is 0 Å². The Hall–Kier alpha value is -2.01. The first-order valence-corrected chi connectivity index (χ1v) is 6.25. The Bertz CT molecular complexity index is 584. The lowest BCUT2D eigenvalue weighted by Gasteiger charge is -2.12. The zero-order chi connectivity index (χ0) is 13.8. The third-order valence-corrected chi connectivity index (χ3v) is 3.03. The number of nitrogen functional groups attached to an aromatic ring is 1. The van der Waals surface area contributed by atoms with E-state index in [1.165, 1.54) is 0 Å². The fourth-order valence-corrected chi connectivity index (χ4v) is 2.11. The average molecular weight is 261 g/mol. The average Bonchev–Trinajstić information content (AvgIpc) is 2.45. The van der Waals surface area contributed by atoms with E-state index < -0.39 is 0 Å². The third-order valence-electron chi connectivity index (χ3n) is 3.03. The van der Waals surface area contributed by atoms with E-state index in [1.807, 2.05) is 18.2 Å². The van der Waals surface area contributed by atoms with E-state index in [4.69, 9.17) is 15.3 Å². The molecule has 0 atom stereocenters. The number of ether oxygens (including phenoxy) is 2. The van der Waals surface area contributed by atoms with Crippen LogP contribution in [0.4, 0.5) is 5.69 Å². The standard InChI is InChI=1S/C14H19N3O2/c1-4-5-9-6-12(17-15)10-7-13(18-2)14(19-3)8-11(10)16-9/h6-8H,4-5,15H2,1-3H3,(H,16,17). The number of nitrogens with two attached hydrogens (primary N) is 1. The molecular formula is C14H19N3O2. The predicted molar refractivity (Wildman–Crippen MR) is 76.7 cm³/mol. The van der Waals surface area contributed by atoms with Crippen LogP contribution >= 0.6 is 0 Å². The molecule has 5 heteroatoms. The Labute approximate surface area is 112 Å². The van der Waals surface area contributed by atoms with Crippen molar-refractivity contribution in [3.8, 4) is 11.5 Å². The van der Waals surface area contributed by atoms with Gasteiger partial charge >= 0.3 is 0 Å². The number of hydrogen-bond donors (Lipinski definition) is 2. The maximum atomic E-state index is 5.59. The van der Waals surface area contributed by atoms with Crippen LogP contribution < -0.4 is 20.7 Å². The van der Waals surface area contributed by atoms with Gasteiger partial charge in [0.15, 0.2) is 11.5 Å². The van der Waals surface area contributed by atoms with Crippen LogP contribution in [0.25, 0.3) is 10.9 Å². The van der Waals surface area contributed by atoms with Crippen molar-refractivity contribution in [3.63, 3.8) is 0 Å². The van der Waals surface area contributed by atoms with E-state index >= 15 is 0 Å². The van der Waals surface area contributed by atoms with Crippen LogP contribution in [0.5, 0.6) is 11.5 Å². The van der Waals surface area contributed by atoms with Gasteiger partial charge in [-0.3, -0.25) is 10.8 Å². The number of fused-ring (bicyclic) bond motifs is 1. The van der Waals surface area contributed by atoms with Crippen LogP contribution in [0.2, 0.25) is 0 Å². The number of methoxy groups -OCH3 is 2. The molecule has 102 valence electrons. The largest absolute Gasteiger partial charge is 0.493 e. The summed E-state index contributed by atoms with van der Waals surface area (Å²) in [7, 11) is 3.22. The maximum Gasteiger partial charge on any atom is 0.162 e. The SMILES string of the molecule is CCCc1cc(NN)c2cc(OC)c(OC)cc2n1. The summed E-state index contributed by atoms with van der Waals surface area (Å²) in [6, 6.07) is 5.72. The van der Waals surface area contributed by atoms with Gasteiger partial charge in [0.05, 0.1) is 25.4 Å². The number of nitrogens with one attached hydrogen (secondary N) is 1. The lowest BCUT2D eigenvalue weighted by molar-refractivity contribution is 0.356. The monoisotopic (exact) mass is 261 g/mol. The number of aromatic nitrogens is 1. The molecule has 19 heavy (non-hydrogen) atoms. The fourth-order valence-electron chi connectivity index (χ4n) is 2.11. The van der Waals surface area contributed by atoms with Crippen LogP contribution in [0, 0.1) is 0 Å². The summed E-state index contributed by atoms with van der Waals surface area (Å²) in [6.45, 7) is 2.12. The number of hydrogen-bond acceptors (Lipinski definition) is 5. The smallest absolute Gasteiger partial charge is 0.162 e. The highest BCUT2D eigenvalue weighted by molar-refractivity contribution is 5.93. The van der Waals surface area contributed by atoms with Crippen molar-refractivity contribution in [2.45, 2.75) is 19.8 Å². The zero-order valence-electron chi connectivity index (χ0n) is 11.5. The van der Waals surface area contributed by atoms with Crippen molar-refractivity contribution in [1.82, 2.24) is 4.98 Å². The van der Waals surface area contributed by atoms with Gasteiger partial charge in [-0.2, -0.15) is 0 Å². The molecule has 2 aromatic rings. The maximum absolute atomic E-state index is 5.59. The summed E-state index contributed by atoms with van der Waals surface area (Å²) in [6.07, 6.45) is 1.95. The number of rotatable bonds is 5. The van der Waals surface area contributed by atoms with E-state index in [2.05, 4.69) is 17.3 Å². The molecule has 0 spiro atoms. The summed E-state index contributed by atoms with van der Waals surface area (Å²) in [5, 5.41) is 0.917. The second-order valence-corrected chi connectivity index (χ2v) is 4.28. The summed E-state index contributed by atoms with van der Waals surface area (Å²) in [5.41, 5.74) is 5.42. The van der Waals surface area contributed by atoms with Gasteiger partial charge in [0.25, 0.3) is 0 Å². The molecule has 0 radical (unpaired) electrons. The van der Waals surface area contributed by atoms with Gasteiger partial charge in [0.2, 0.25) is 0 Å². The van der Waals surface area contributed by atoms with Crippen LogP contribution in [-0.2, 0) is 6.42 Å². The van der Waals surface area contributed by atoms with Gasteiger partial charge in [0, 0.05) is 17.1 Å². The number of nitrogens with zero attached hydrogens (tertiary/aromatic N) is 1. The van der Waals surface area contributed by atoms with Crippen molar-refractivity contribution in [3.05, 3.63) is 23.9 Å². The highest BCUT2D eigenvalue weighted by atomic mass is 16.5. The van der Waals surface area contributed by atoms with Crippen molar-refractivity contribution in [2.75, 3.05) is 19.6 Å². The Morgan fingerprint density at radius 3 is 2.42 bits per heavy atom. The lowest BCUT2D eigenvalue weighted by Crippen LogP contribution is -2.08. The molecule has 0 aliphatic carbocycles. The Balaban J connectivity index is 2.67. The molecular weight excluding hydrogens is 242 g/mol. The molecule has 0 unspecified atom stereocenters. The van der Waals surface area contributed by atoms with Crippen LogP contribution in [0.3, 0.4) is 0 Å². The van der Waals surface area contributed by atoms with Crippen LogP contribution in [-0.4, -0.2) is 19.2 Å². The summed E-state index contributed by atoms with van der Waals surface area (Å²) < 4.78 is 10.6. The first kappa shape index (κ1) is 13.4. The van der Waals surface area contributed by atoms with Crippen molar-refractivity contribution >= 4 is 16.6 Å². The van der Waals surface area contributed by atoms with Crippen molar-refractivity contribution in [1.29, 1.82) is 0 Å². The van der Waals surface area contributed by atoms with Gasteiger partial charge in [-0.05, 0) is 18.6 Å². The quantitative estimate of drug-likeness (QED) is 0.639. The molecule has 3 N–H and O–H groups in total. The van der Waals surface area contributed by atoms with E-state index in [0.717, 1.165) is 35.1 Å². The Kier molecular flexibility index (Phi) is 4.06. The minimum Gasteiger partial charge on any atom is -0.493 e. The summed E-state index contributed by atoms with van der Waals surface area (Å²) in [5.74, 6) is 6.92. The molecule has 2 rings (SSSR count). The Morgan fingerprint density at radius 1 is 1.16 bits per heavy atom. The lowest BCUT2D eigenvalue weighted by atomic mass is 10.1. The number of benzene rings is 1. The second kappa shape index (κ2) is 5.75. The first-order valence-electron chi connectivity index (χ1n) is 6.25. The van der Waals surface area contributed by atoms with E-state index in [1.54, 1.807) is 14.2 Å². The second-order valence-electron chi connectivity index (χ2n) is 4.28. The zero-order valence-corrected chi connectivity index (χ0v) is 11.5. The highest BCUT2D eigenvalue weighted by Crippen LogP contribution is 2.34. The molecule has 0 aliphatic rings. The molecule has 0 aliphatic heterocycles. The first-order chi connectivity index (χ1) is 9.23. The molecule has 5 nitrogen and oxygen atoms in total. The number of hydrazine groups is 1. The van der Waals surface area contributed by atoms with E-state index in [9.17, 15) is 0 Å². The Morgan fingerprint density at radius 2 is 1.84 bits per heavy atom. The minimum absolute atomic E-state index is 0.663. The molecule has 1 aromatic heterocycles. The third kappa shape index (κ3) is 2.56. The van der Waals surface area contributed by atoms with Crippen molar-refractivity contribution < 1.29 is 9.47 Å². The number of pyridine rings is 1. The van der Waals surface area contributed by atoms with Crippen LogP contribution in [0.15, 0.2) is 18.2 Å². The van der Waals surface area contributed by atoms with E-state index in [-0.39, 0.29) is 0 Å². The molecule has 0 amide bonds. The molecule has 0 bridgehead atoms. The van der Waals surface area contributed by atoms with Gasteiger partial charge in [-0.1, -0.05) is 13.3 Å². The number of aryl methyl sites for hydroxylation is 1. The predicted octanol–water partition coefficient (Wildman–Crippen LogP) is 2.49. The summed E-state index contributed by atoms with van der Waals surface area (Å²) in [4.78, 5) is 4.63. The molecule has 0 saturated heterocycles. The topological polar surface area (TPSA) is 69.4 Å². The minimum atomic E-state index is 0.663. The van der Waals surface area contributed by atoms with Crippen molar-refractivity contribution in [2.24, 2.45) is 5.84 Å². The molecule has 1 heterocycles. The molecule has 1 aromatic carbocycles. The number of anilines is 1. The van der Waals surface area contributed by atoms with Gasteiger partial charge < -0.3 is 14.9 Å². The normalized spacial score (nSPS) is 10.5. The fraction of sp³-hybridized carbons (Fsp3) is 0.357. The van der Waals surface area contributed by atoms with Gasteiger partial charge in [0.1, 0.15) is 0 Å². The molecule has 0 saturated carbocycles. The summed E-state index contributed by atoms with van der Waals surface area (Å²) >= 11 is 0. The van der Waals surface area contributed by atoms with Gasteiger partial charge in [-0.15, -0.1) is 0 Å².